The molecule has 1 aromatic heterocycles. The highest BCUT2D eigenvalue weighted by molar-refractivity contribution is 5.98. The third-order valence-electron chi connectivity index (χ3n) is 4.28. The van der Waals surface area contributed by atoms with Crippen molar-refractivity contribution in [1.82, 2.24) is 0 Å². The normalized spacial score (nSPS) is 10.8. The van der Waals surface area contributed by atoms with Crippen molar-refractivity contribution in [2.45, 2.75) is 0 Å². The van der Waals surface area contributed by atoms with Crippen LogP contribution in [0.2, 0.25) is 0 Å². The Morgan fingerprint density at radius 3 is 2.31 bits per heavy atom. The summed E-state index contributed by atoms with van der Waals surface area (Å²) in [5, 5.41) is 4.32. The molecular weight excluding hydrogens is 330 g/mol. The van der Waals surface area contributed by atoms with Gasteiger partial charge in [-0.1, -0.05) is 6.07 Å². The first-order valence-electron chi connectivity index (χ1n) is 8.14. The first-order valence-corrected chi connectivity index (χ1v) is 8.14. The molecule has 1 heterocycles. The molecule has 0 unspecified atom stereocenters. The maximum Gasteiger partial charge on any atom is 0.202 e. The zero-order valence-corrected chi connectivity index (χ0v) is 14.4. The van der Waals surface area contributed by atoms with Crippen molar-refractivity contribution in [1.29, 1.82) is 0 Å². The van der Waals surface area contributed by atoms with Gasteiger partial charge in [0.25, 0.3) is 0 Å². The fourth-order valence-electron chi connectivity index (χ4n) is 2.94. The number of ether oxygens (including phenoxy) is 2. The lowest BCUT2D eigenvalue weighted by Gasteiger charge is -2.11. The Morgan fingerprint density at radius 1 is 0.846 bits per heavy atom. The Balaban J connectivity index is 1.87. The van der Waals surface area contributed by atoms with E-state index in [1.165, 1.54) is 0 Å². The topological polar surface area (TPSA) is 60.7 Å². The molecule has 0 amide bonds. The molecule has 0 bridgehead atoms. The van der Waals surface area contributed by atoms with E-state index in [1.807, 2.05) is 36.4 Å². The highest BCUT2D eigenvalue weighted by Gasteiger charge is 2.12. The summed E-state index contributed by atoms with van der Waals surface area (Å²) in [7, 11) is 3.20. The lowest BCUT2D eigenvalue weighted by Crippen LogP contribution is -2.05. The van der Waals surface area contributed by atoms with Crippen LogP contribution in [0.1, 0.15) is 0 Å². The SMILES string of the molecule is COc1ccc(Nc2cccc3oc4cc(OC)ccc4c(=O)c23)cc1. The molecular formula is C21H17NO4. The van der Waals surface area contributed by atoms with Crippen molar-refractivity contribution in [2.75, 3.05) is 19.5 Å². The fourth-order valence-corrected chi connectivity index (χ4v) is 2.94. The van der Waals surface area contributed by atoms with Gasteiger partial charge in [0.05, 0.1) is 30.7 Å². The van der Waals surface area contributed by atoms with Gasteiger partial charge in [0.1, 0.15) is 22.7 Å². The Bertz CT molecular complexity index is 1150. The smallest absolute Gasteiger partial charge is 0.202 e. The van der Waals surface area contributed by atoms with Gasteiger partial charge in [-0.25, -0.2) is 0 Å². The predicted molar refractivity (Wildman–Crippen MR) is 103 cm³/mol. The van der Waals surface area contributed by atoms with Crippen LogP contribution in [0.15, 0.2) is 69.9 Å². The summed E-state index contributed by atoms with van der Waals surface area (Å²) in [6, 6.07) is 18.2. The van der Waals surface area contributed by atoms with E-state index >= 15 is 0 Å². The minimum Gasteiger partial charge on any atom is -0.497 e. The minimum atomic E-state index is -0.0829. The van der Waals surface area contributed by atoms with Crippen molar-refractivity contribution in [3.63, 3.8) is 0 Å². The molecule has 0 atom stereocenters. The zero-order chi connectivity index (χ0) is 18.1. The number of fused-ring (bicyclic) bond motifs is 2. The summed E-state index contributed by atoms with van der Waals surface area (Å²) in [5.41, 5.74) is 2.49. The molecule has 0 spiro atoms. The predicted octanol–water partition coefficient (Wildman–Crippen LogP) is 4.71. The number of methoxy groups -OCH3 is 2. The maximum atomic E-state index is 13.0. The largest absolute Gasteiger partial charge is 0.497 e. The van der Waals surface area contributed by atoms with Gasteiger partial charge in [0, 0.05) is 11.8 Å². The minimum absolute atomic E-state index is 0.0829. The maximum absolute atomic E-state index is 13.0. The number of hydrogen-bond donors (Lipinski definition) is 1. The summed E-state index contributed by atoms with van der Waals surface area (Å²) in [6.07, 6.45) is 0. The number of hydrogen-bond acceptors (Lipinski definition) is 5. The van der Waals surface area contributed by atoms with E-state index in [0.717, 1.165) is 11.4 Å². The van der Waals surface area contributed by atoms with E-state index in [1.54, 1.807) is 38.5 Å². The number of anilines is 2. The molecule has 26 heavy (non-hydrogen) atoms. The van der Waals surface area contributed by atoms with Crippen LogP contribution >= 0.6 is 0 Å². The molecule has 4 aromatic rings. The standard InChI is InChI=1S/C21H17NO4/c1-24-14-8-6-13(7-9-14)22-17-4-3-5-18-20(17)21(23)16-11-10-15(25-2)12-19(16)26-18/h3-12,22H,1-2H3. The average molecular weight is 347 g/mol. The van der Waals surface area contributed by atoms with Crippen molar-refractivity contribution in [3.8, 4) is 11.5 Å². The molecule has 1 N–H and O–H groups in total. The van der Waals surface area contributed by atoms with Crippen molar-refractivity contribution < 1.29 is 13.9 Å². The average Bonchev–Trinajstić information content (AvgIpc) is 2.68. The van der Waals surface area contributed by atoms with E-state index in [2.05, 4.69) is 5.32 Å². The van der Waals surface area contributed by atoms with Crippen LogP contribution in [-0.2, 0) is 0 Å². The molecule has 0 fully saturated rings. The highest BCUT2D eigenvalue weighted by Crippen LogP contribution is 2.29. The molecule has 0 saturated carbocycles. The van der Waals surface area contributed by atoms with Gasteiger partial charge in [0.2, 0.25) is 5.43 Å². The lowest BCUT2D eigenvalue weighted by atomic mass is 10.1. The molecule has 0 aliphatic heterocycles. The van der Waals surface area contributed by atoms with Gasteiger partial charge in [-0.3, -0.25) is 4.79 Å². The molecule has 5 heteroatoms. The summed E-state index contributed by atoms with van der Waals surface area (Å²) in [6.45, 7) is 0. The summed E-state index contributed by atoms with van der Waals surface area (Å²) in [4.78, 5) is 13.0. The second-order valence-electron chi connectivity index (χ2n) is 5.83. The summed E-state index contributed by atoms with van der Waals surface area (Å²) >= 11 is 0. The van der Waals surface area contributed by atoms with Crippen molar-refractivity contribution >= 4 is 33.3 Å². The van der Waals surface area contributed by atoms with Gasteiger partial charge in [-0.15, -0.1) is 0 Å². The molecule has 4 rings (SSSR count). The van der Waals surface area contributed by atoms with Crippen LogP contribution in [-0.4, -0.2) is 14.2 Å². The first-order chi connectivity index (χ1) is 12.7. The third-order valence-corrected chi connectivity index (χ3v) is 4.28. The van der Waals surface area contributed by atoms with Crippen LogP contribution in [0.4, 0.5) is 11.4 Å². The molecule has 130 valence electrons. The van der Waals surface area contributed by atoms with E-state index in [9.17, 15) is 4.79 Å². The molecule has 0 radical (unpaired) electrons. The van der Waals surface area contributed by atoms with E-state index in [4.69, 9.17) is 13.9 Å². The van der Waals surface area contributed by atoms with Crippen LogP contribution < -0.4 is 20.2 Å². The highest BCUT2D eigenvalue weighted by atomic mass is 16.5. The first kappa shape index (κ1) is 16.0. The molecule has 3 aromatic carbocycles. The van der Waals surface area contributed by atoms with Gasteiger partial charge in [-0.05, 0) is 48.5 Å². The quantitative estimate of drug-likeness (QED) is 0.542. The Labute approximate surface area is 149 Å². The summed E-state index contributed by atoms with van der Waals surface area (Å²) < 4.78 is 16.3. The van der Waals surface area contributed by atoms with Crippen LogP contribution in [0.3, 0.4) is 0 Å². The van der Waals surface area contributed by atoms with Gasteiger partial charge >= 0.3 is 0 Å². The van der Waals surface area contributed by atoms with E-state index in [0.29, 0.717) is 33.4 Å². The molecule has 0 aliphatic carbocycles. The van der Waals surface area contributed by atoms with Crippen molar-refractivity contribution in [2.24, 2.45) is 0 Å². The number of nitrogens with one attached hydrogen (secondary N) is 1. The van der Waals surface area contributed by atoms with Gasteiger partial charge in [-0.2, -0.15) is 0 Å². The number of rotatable bonds is 4. The zero-order valence-electron chi connectivity index (χ0n) is 14.4. The molecule has 0 saturated heterocycles. The Kier molecular flexibility index (Phi) is 3.97. The van der Waals surface area contributed by atoms with Gasteiger partial charge < -0.3 is 19.2 Å². The monoisotopic (exact) mass is 347 g/mol. The summed E-state index contributed by atoms with van der Waals surface area (Å²) in [5.74, 6) is 1.42. The second-order valence-corrected chi connectivity index (χ2v) is 5.83. The van der Waals surface area contributed by atoms with Crippen molar-refractivity contribution in [3.05, 3.63) is 70.9 Å². The fraction of sp³-hybridized carbons (Fsp3) is 0.0952. The molecule has 5 nitrogen and oxygen atoms in total. The van der Waals surface area contributed by atoms with E-state index < -0.39 is 0 Å². The molecule has 0 aliphatic rings. The van der Waals surface area contributed by atoms with Crippen LogP contribution in [0.5, 0.6) is 11.5 Å². The number of benzene rings is 3. The van der Waals surface area contributed by atoms with Gasteiger partial charge in [0.15, 0.2) is 0 Å². The Hall–Kier alpha value is -3.47. The third kappa shape index (κ3) is 2.73. The Morgan fingerprint density at radius 2 is 1.58 bits per heavy atom. The van der Waals surface area contributed by atoms with E-state index in [-0.39, 0.29) is 5.43 Å². The lowest BCUT2D eigenvalue weighted by molar-refractivity contribution is 0.414. The second kappa shape index (κ2) is 6.44. The van der Waals surface area contributed by atoms with Crippen LogP contribution in [0.25, 0.3) is 21.9 Å². The van der Waals surface area contributed by atoms with Crippen LogP contribution in [0, 0.1) is 0 Å².